The summed E-state index contributed by atoms with van der Waals surface area (Å²) in [4.78, 5) is 18.1. The molecule has 1 aromatic heterocycles. The minimum absolute atomic E-state index is 0.0741. The summed E-state index contributed by atoms with van der Waals surface area (Å²) in [6, 6.07) is 7.90. The minimum atomic E-state index is -0.330. The van der Waals surface area contributed by atoms with E-state index in [-0.39, 0.29) is 17.8 Å². The van der Waals surface area contributed by atoms with Gasteiger partial charge in [-0.05, 0) is 55.3 Å². The van der Waals surface area contributed by atoms with Gasteiger partial charge in [0.1, 0.15) is 5.82 Å². The number of rotatable bonds is 3. The summed E-state index contributed by atoms with van der Waals surface area (Å²) in [5, 5.41) is 0. The molecule has 3 nitrogen and oxygen atoms in total. The Morgan fingerprint density at radius 1 is 1.25 bits per heavy atom. The lowest BCUT2D eigenvalue weighted by molar-refractivity contribution is 0.0742. The first-order valence-electron chi connectivity index (χ1n) is 6.44. The Labute approximate surface area is 118 Å². The SMILES string of the molecule is Cc1cc(F)ccc1C(=O)N(C)C(C)c1ccncc1. The van der Waals surface area contributed by atoms with Crippen molar-refractivity contribution in [3.8, 4) is 0 Å². The molecule has 0 N–H and O–H groups in total. The van der Waals surface area contributed by atoms with Gasteiger partial charge in [0.25, 0.3) is 5.91 Å². The quantitative estimate of drug-likeness (QED) is 0.858. The molecule has 104 valence electrons. The second kappa shape index (κ2) is 5.82. The zero-order valence-electron chi connectivity index (χ0n) is 11.8. The number of amides is 1. The van der Waals surface area contributed by atoms with Gasteiger partial charge in [-0.15, -0.1) is 0 Å². The Morgan fingerprint density at radius 2 is 1.90 bits per heavy atom. The molecular weight excluding hydrogens is 255 g/mol. The van der Waals surface area contributed by atoms with Gasteiger partial charge in [-0.3, -0.25) is 9.78 Å². The lowest BCUT2D eigenvalue weighted by atomic mass is 10.0. The monoisotopic (exact) mass is 272 g/mol. The van der Waals surface area contributed by atoms with E-state index in [2.05, 4.69) is 4.98 Å². The maximum Gasteiger partial charge on any atom is 0.254 e. The molecule has 0 fully saturated rings. The molecule has 2 rings (SSSR count). The van der Waals surface area contributed by atoms with Gasteiger partial charge in [0, 0.05) is 25.0 Å². The third kappa shape index (κ3) is 2.85. The number of aromatic nitrogens is 1. The first-order chi connectivity index (χ1) is 9.50. The average molecular weight is 272 g/mol. The first kappa shape index (κ1) is 14.2. The fraction of sp³-hybridized carbons (Fsp3) is 0.250. The number of carbonyl (C=O) groups excluding carboxylic acids is 1. The maximum absolute atomic E-state index is 13.1. The van der Waals surface area contributed by atoms with Crippen LogP contribution in [-0.2, 0) is 0 Å². The van der Waals surface area contributed by atoms with Crippen LogP contribution < -0.4 is 0 Å². The van der Waals surface area contributed by atoms with Crippen molar-refractivity contribution < 1.29 is 9.18 Å². The smallest absolute Gasteiger partial charge is 0.254 e. The van der Waals surface area contributed by atoms with Crippen molar-refractivity contribution in [2.24, 2.45) is 0 Å². The van der Waals surface area contributed by atoms with Crippen molar-refractivity contribution in [2.45, 2.75) is 19.9 Å². The van der Waals surface area contributed by atoms with Gasteiger partial charge in [0.05, 0.1) is 6.04 Å². The van der Waals surface area contributed by atoms with E-state index in [1.807, 2.05) is 19.1 Å². The number of halogens is 1. The van der Waals surface area contributed by atoms with E-state index in [0.717, 1.165) is 5.56 Å². The molecule has 0 saturated heterocycles. The predicted molar refractivity (Wildman–Crippen MR) is 75.9 cm³/mol. The van der Waals surface area contributed by atoms with Crippen LogP contribution in [0.3, 0.4) is 0 Å². The van der Waals surface area contributed by atoms with Crippen molar-refractivity contribution in [1.82, 2.24) is 9.88 Å². The first-order valence-corrected chi connectivity index (χ1v) is 6.44. The van der Waals surface area contributed by atoms with Crippen LogP contribution in [0.25, 0.3) is 0 Å². The van der Waals surface area contributed by atoms with Crippen molar-refractivity contribution in [3.63, 3.8) is 0 Å². The number of carbonyl (C=O) groups is 1. The highest BCUT2D eigenvalue weighted by molar-refractivity contribution is 5.95. The van der Waals surface area contributed by atoms with Gasteiger partial charge in [-0.1, -0.05) is 0 Å². The number of hydrogen-bond donors (Lipinski definition) is 0. The summed E-state index contributed by atoms with van der Waals surface area (Å²) in [7, 11) is 1.75. The molecule has 1 amide bonds. The zero-order chi connectivity index (χ0) is 14.7. The van der Waals surface area contributed by atoms with Gasteiger partial charge in [-0.25, -0.2) is 4.39 Å². The number of pyridine rings is 1. The van der Waals surface area contributed by atoms with E-state index < -0.39 is 0 Å². The molecule has 0 aliphatic heterocycles. The Hall–Kier alpha value is -2.23. The van der Waals surface area contributed by atoms with Crippen LogP contribution in [0.2, 0.25) is 0 Å². The Bertz CT molecular complexity index is 613. The lowest BCUT2D eigenvalue weighted by Crippen LogP contribution is -2.30. The van der Waals surface area contributed by atoms with E-state index in [4.69, 9.17) is 0 Å². The van der Waals surface area contributed by atoms with Crippen LogP contribution in [0.5, 0.6) is 0 Å². The van der Waals surface area contributed by atoms with E-state index in [9.17, 15) is 9.18 Å². The van der Waals surface area contributed by atoms with E-state index in [0.29, 0.717) is 11.1 Å². The summed E-state index contributed by atoms with van der Waals surface area (Å²) in [6.45, 7) is 3.69. The minimum Gasteiger partial charge on any atom is -0.335 e. The topological polar surface area (TPSA) is 33.2 Å². The lowest BCUT2D eigenvalue weighted by Gasteiger charge is -2.26. The molecule has 1 aromatic carbocycles. The molecule has 0 saturated carbocycles. The highest BCUT2D eigenvalue weighted by Crippen LogP contribution is 2.21. The molecule has 1 atom stereocenters. The Kier molecular flexibility index (Phi) is 4.13. The molecule has 0 radical (unpaired) electrons. The number of hydrogen-bond acceptors (Lipinski definition) is 2. The number of aryl methyl sites for hydroxylation is 1. The zero-order valence-corrected chi connectivity index (χ0v) is 11.8. The summed E-state index contributed by atoms with van der Waals surface area (Å²) in [5.74, 6) is -0.448. The molecule has 4 heteroatoms. The van der Waals surface area contributed by atoms with Gasteiger partial charge < -0.3 is 4.90 Å². The predicted octanol–water partition coefficient (Wildman–Crippen LogP) is 3.36. The highest BCUT2D eigenvalue weighted by Gasteiger charge is 2.20. The number of benzene rings is 1. The van der Waals surface area contributed by atoms with E-state index in [1.54, 1.807) is 31.3 Å². The Balaban J connectivity index is 2.24. The molecule has 0 aliphatic carbocycles. The second-order valence-electron chi connectivity index (χ2n) is 4.83. The van der Waals surface area contributed by atoms with Crippen LogP contribution in [-0.4, -0.2) is 22.8 Å². The Morgan fingerprint density at radius 3 is 2.50 bits per heavy atom. The third-order valence-corrected chi connectivity index (χ3v) is 3.51. The molecule has 0 aliphatic rings. The molecular formula is C16H17FN2O. The molecule has 1 unspecified atom stereocenters. The molecule has 0 bridgehead atoms. The van der Waals surface area contributed by atoms with Crippen LogP contribution in [0, 0.1) is 12.7 Å². The molecule has 20 heavy (non-hydrogen) atoms. The normalized spacial score (nSPS) is 12.0. The summed E-state index contributed by atoms with van der Waals surface area (Å²) in [5.41, 5.74) is 2.18. The fourth-order valence-electron chi connectivity index (χ4n) is 2.10. The molecule has 1 heterocycles. The summed E-state index contributed by atoms with van der Waals surface area (Å²) >= 11 is 0. The van der Waals surface area contributed by atoms with Gasteiger partial charge in [0.15, 0.2) is 0 Å². The standard InChI is InChI=1S/C16H17FN2O/c1-11-10-14(17)4-5-15(11)16(20)19(3)12(2)13-6-8-18-9-7-13/h4-10,12H,1-3H3. The maximum atomic E-state index is 13.1. The van der Waals surface area contributed by atoms with Crippen molar-refractivity contribution in [1.29, 1.82) is 0 Å². The van der Waals surface area contributed by atoms with Crippen molar-refractivity contribution in [3.05, 3.63) is 65.2 Å². The average Bonchev–Trinajstić information content (AvgIpc) is 2.46. The van der Waals surface area contributed by atoms with Crippen LogP contribution in [0.1, 0.15) is 34.5 Å². The van der Waals surface area contributed by atoms with Crippen LogP contribution >= 0.6 is 0 Å². The van der Waals surface area contributed by atoms with E-state index >= 15 is 0 Å². The van der Waals surface area contributed by atoms with Crippen LogP contribution in [0.15, 0.2) is 42.7 Å². The van der Waals surface area contributed by atoms with Gasteiger partial charge in [0.2, 0.25) is 0 Å². The van der Waals surface area contributed by atoms with E-state index in [1.165, 1.54) is 18.2 Å². The van der Waals surface area contributed by atoms with Crippen molar-refractivity contribution in [2.75, 3.05) is 7.05 Å². The third-order valence-electron chi connectivity index (χ3n) is 3.51. The van der Waals surface area contributed by atoms with Crippen LogP contribution in [0.4, 0.5) is 4.39 Å². The van der Waals surface area contributed by atoms with Crippen molar-refractivity contribution >= 4 is 5.91 Å². The van der Waals surface area contributed by atoms with Gasteiger partial charge in [-0.2, -0.15) is 0 Å². The summed E-state index contributed by atoms with van der Waals surface area (Å²) < 4.78 is 13.1. The molecule has 0 spiro atoms. The second-order valence-corrected chi connectivity index (χ2v) is 4.83. The summed E-state index contributed by atoms with van der Waals surface area (Å²) in [6.07, 6.45) is 3.40. The highest BCUT2D eigenvalue weighted by atomic mass is 19.1. The molecule has 2 aromatic rings. The largest absolute Gasteiger partial charge is 0.335 e. The van der Waals surface area contributed by atoms with Gasteiger partial charge >= 0.3 is 0 Å². The number of nitrogens with zero attached hydrogens (tertiary/aromatic N) is 2. The fourth-order valence-corrected chi connectivity index (χ4v) is 2.10.